The lowest BCUT2D eigenvalue weighted by Crippen LogP contribution is -2.25. The van der Waals surface area contributed by atoms with Gasteiger partial charge in [-0.1, -0.05) is 166 Å². The predicted octanol–water partition coefficient (Wildman–Crippen LogP) is 15.4. The molecule has 0 unspecified atom stereocenters. The highest BCUT2D eigenvalue weighted by Gasteiger charge is 2.51. The lowest BCUT2D eigenvalue weighted by atomic mass is 9.70. The summed E-state index contributed by atoms with van der Waals surface area (Å²) < 4.78 is 6.46. The third-order valence-electron chi connectivity index (χ3n) is 13.9. The molecule has 0 aliphatic heterocycles. The Balaban J connectivity index is 0.983. The van der Waals surface area contributed by atoms with Gasteiger partial charge in [0.1, 0.15) is 11.2 Å². The van der Waals surface area contributed by atoms with E-state index in [0.717, 1.165) is 39.0 Å². The number of hydrogen-bond donors (Lipinski definition) is 0. The van der Waals surface area contributed by atoms with Gasteiger partial charge in [-0.25, -0.2) is 0 Å². The Kier molecular flexibility index (Phi) is 6.74. The van der Waals surface area contributed by atoms with Crippen molar-refractivity contribution in [3.8, 4) is 44.5 Å². The largest absolute Gasteiger partial charge is 0.456 e. The van der Waals surface area contributed by atoms with Gasteiger partial charge in [-0.05, 0) is 126 Å². The van der Waals surface area contributed by atoms with Crippen molar-refractivity contribution in [1.29, 1.82) is 0 Å². The third kappa shape index (κ3) is 4.32. The summed E-state index contributed by atoms with van der Waals surface area (Å²) in [5.41, 5.74) is 23.0. The highest BCUT2D eigenvalue weighted by Crippen LogP contribution is 2.63. The van der Waals surface area contributed by atoms with E-state index in [4.69, 9.17) is 4.42 Å². The summed E-state index contributed by atoms with van der Waals surface area (Å²) in [6.45, 7) is 4.71. The molecule has 1 aromatic heterocycles. The number of rotatable bonds is 4. The SMILES string of the molecule is CC1(C)c2ccccc2-c2ccc(N(c3ccc(-c4ccc5c(c4)C4(c6ccccc6-c6ccccc64)c4ccccc4-5)cc3)c3cccc4oc5ccccc5c34)cc21. The van der Waals surface area contributed by atoms with Gasteiger partial charge in [0, 0.05) is 22.2 Å². The zero-order valence-corrected chi connectivity index (χ0v) is 33.4. The zero-order valence-electron chi connectivity index (χ0n) is 33.4. The molecule has 3 aliphatic carbocycles. The number of para-hydroxylation sites is 1. The van der Waals surface area contributed by atoms with E-state index < -0.39 is 0 Å². The maximum atomic E-state index is 6.46. The van der Waals surface area contributed by atoms with Gasteiger partial charge in [0.15, 0.2) is 0 Å². The first-order chi connectivity index (χ1) is 29.5. The van der Waals surface area contributed by atoms with Crippen LogP contribution in [-0.2, 0) is 10.8 Å². The molecule has 0 radical (unpaired) electrons. The number of benzene rings is 9. The lowest BCUT2D eigenvalue weighted by Gasteiger charge is -2.30. The van der Waals surface area contributed by atoms with Gasteiger partial charge in [0.2, 0.25) is 0 Å². The van der Waals surface area contributed by atoms with Crippen molar-refractivity contribution in [2.75, 3.05) is 4.90 Å². The van der Waals surface area contributed by atoms with Crippen LogP contribution in [0.3, 0.4) is 0 Å². The number of anilines is 3. The van der Waals surface area contributed by atoms with E-state index >= 15 is 0 Å². The fourth-order valence-corrected chi connectivity index (χ4v) is 11.3. The van der Waals surface area contributed by atoms with Crippen molar-refractivity contribution < 1.29 is 4.42 Å². The van der Waals surface area contributed by atoms with E-state index in [0.29, 0.717) is 0 Å². The lowest BCUT2D eigenvalue weighted by molar-refractivity contribution is 0.660. The van der Waals surface area contributed by atoms with Gasteiger partial charge >= 0.3 is 0 Å². The fourth-order valence-electron chi connectivity index (χ4n) is 11.3. The summed E-state index contributed by atoms with van der Waals surface area (Å²) in [6.07, 6.45) is 0. The van der Waals surface area contributed by atoms with Crippen LogP contribution in [0.5, 0.6) is 0 Å². The standard InChI is InChI=1S/C58H39NO/c1-57(2)47-19-8-3-14-40(47)44-33-31-39(35-51(44)57)59(53-23-13-25-55-56(53)46-18-7-12-24-54(46)60-55)38-29-26-36(27-30-38)37-28-32-45-43-17-6-11-22-50(43)58(52(45)34-37)48-20-9-4-15-41(48)42-16-5-10-21-49(42)58/h3-35H,1-2H3. The molecule has 9 aromatic carbocycles. The number of nitrogens with zero attached hydrogens (tertiary/aromatic N) is 1. The molecule has 2 nitrogen and oxygen atoms in total. The van der Waals surface area contributed by atoms with Gasteiger partial charge in [-0.2, -0.15) is 0 Å². The Morgan fingerprint density at radius 3 is 1.55 bits per heavy atom. The van der Waals surface area contributed by atoms with Gasteiger partial charge in [0.25, 0.3) is 0 Å². The second-order valence-corrected chi connectivity index (χ2v) is 17.2. The summed E-state index contributed by atoms with van der Waals surface area (Å²) in [4.78, 5) is 2.42. The first kappa shape index (κ1) is 33.5. The van der Waals surface area contributed by atoms with Crippen LogP contribution in [-0.4, -0.2) is 0 Å². The minimum atomic E-state index is -0.376. The highest BCUT2D eigenvalue weighted by molar-refractivity contribution is 6.13. The van der Waals surface area contributed by atoms with E-state index in [1.807, 2.05) is 6.07 Å². The molecule has 0 amide bonds. The van der Waals surface area contributed by atoms with E-state index in [1.165, 1.54) is 77.9 Å². The Hall–Kier alpha value is -7.42. The minimum Gasteiger partial charge on any atom is -0.456 e. The highest BCUT2D eigenvalue weighted by atomic mass is 16.3. The molecule has 10 aromatic rings. The van der Waals surface area contributed by atoms with E-state index in [1.54, 1.807) is 0 Å². The normalized spacial score (nSPS) is 14.4. The quantitative estimate of drug-likeness (QED) is 0.177. The summed E-state index contributed by atoms with van der Waals surface area (Å²) in [5, 5.41) is 2.22. The summed E-state index contributed by atoms with van der Waals surface area (Å²) >= 11 is 0. The van der Waals surface area contributed by atoms with Crippen LogP contribution in [0.4, 0.5) is 17.1 Å². The Morgan fingerprint density at radius 1 is 0.367 bits per heavy atom. The van der Waals surface area contributed by atoms with Crippen molar-refractivity contribution >= 4 is 39.0 Å². The van der Waals surface area contributed by atoms with Crippen molar-refractivity contribution in [3.05, 3.63) is 234 Å². The third-order valence-corrected chi connectivity index (χ3v) is 13.9. The average molecular weight is 766 g/mol. The van der Waals surface area contributed by atoms with Crippen LogP contribution in [0.15, 0.2) is 205 Å². The molecule has 2 heteroatoms. The average Bonchev–Trinajstić information content (AvgIpc) is 3.99. The molecule has 0 bridgehead atoms. The number of fused-ring (bicyclic) bond motifs is 16. The summed E-state index contributed by atoms with van der Waals surface area (Å²) in [5.74, 6) is 0. The maximum Gasteiger partial charge on any atom is 0.137 e. The van der Waals surface area contributed by atoms with Crippen LogP contribution in [0.2, 0.25) is 0 Å². The van der Waals surface area contributed by atoms with Crippen molar-refractivity contribution in [2.45, 2.75) is 24.7 Å². The molecule has 1 heterocycles. The molecule has 0 saturated heterocycles. The Bertz CT molecular complexity index is 3360. The fraction of sp³-hybridized carbons (Fsp3) is 0.0690. The molecule has 0 saturated carbocycles. The molecular formula is C58H39NO. The summed E-state index contributed by atoms with van der Waals surface area (Å²) in [6, 6.07) is 74.1. The van der Waals surface area contributed by atoms with E-state index in [9.17, 15) is 0 Å². The Labute approximate surface area is 349 Å². The second-order valence-electron chi connectivity index (χ2n) is 17.2. The number of furan rings is 1. The molecule has 0 fully saturated rings. The molecule has 60 heavy (non-hydrogen) atoms. The molecule has 282 valence electrons. The second kappa shape index (κ2) is 12.1. The van der Waals surface area contributed by atoms with Gasteiger partial charge in [-0.3, -0.25) is 0 Å². The van der Waals surface area contributed by atoms with Crippen LogP contribution in [0, 0.1) is 0 Å². The molecule has 0 N–H and O–H groups in total. The van der Waals surface area contributed by atoms with Gasteiger partial charge < -0.3 is 9.32 Å². The van der Waals surface area contributed by atoms with Crippen molar-refractivity contribution in [1.82, 2.24) is 0 Å². The molecule has 13 rings (SSSR count). The molecule has 3 aliphatic rings. The molecule has 0 atom stereocenters. The van der Waals surface area contributed by atoms with Gasteiger partial charge in [0.05, 0.1) is 16.5 Å². The van der Waals surface area contributed by atoms with Gasteiger partial charge in [-0.15, -0.1) is 0 Å². The minimum absolute atomic E-state index is 0.128. The van der Waals surface area contributed by atoms with Crippen LogP contribution in [0.25, 0.3) is 66.4 Å². The molecule has 1 spiro atoms. The monoisotopic (exact) mass is 765 g/mol. The van der Waals surface area contributed by atoms with Crippen molar-refractivity contribution in [2.24, 2.45) is 0 Å². The maximum absolute atomic E-state index is 6.46. The first-order valence-electron chi connectivity index (χ1n) is 21.0. The van der Waals surface area contributed by atoms with Crippen LogP contribution >= 0.6 is 0 Å². The first-order valence-corrected chi connectivity index (χ1v) is 21.0. The van der Waals surface area contributed by atoms with Crippen molar-refractivity contribution in [3.63, 3.8) is 0 Å². The van der Waals surface area contributed by atoms with E-state index in [2.05, 4.69) is 213 Å². The smallest absolute Gasteiger partial charge is 0.137 e. The summed E-state index contributed by atoms with van der Waals surface area (Å²) in [7, 11) is 0. The Morgan fingerprint density at radius 2 is 0.867 bits per heavy atom. The van der Waals surface area contributed by atoms with Crippen LogP contribution in [0.1, 0.15) is 47.2 Å². The topological polar surface area (TPSA) is 16.4 Å². The molecular weight excluding hydrogens is 727 g/mol. The zero-order chi connectivity index (χ0) is 39.7. The van der Waals surface area contributed by atoms with E-state index in [-0.39, 0.29) is 10.8 Å². The predicted molar refractivity (Wildman–Crippen MR) is 248 cm³/mol. The number of hydrogen-bond acceptors (Lipinski definition) is 2. The van der Waals surface area contributed by atoms with Crippen LogP contribution < -0.4 is 4.90 Å².